The third-order valence-electron chi connectivity index (χ3n) is 8.11. The summed E-state index contributed by atoms with van der Waals surface area (Å²) >= 11 is 12.5. The van der Waals surface area contributed by atoms with Gasteiger partial charge in [0.15, 0.2) is 0 Å². The molecule has 0 aliphatic carbocycles. The first kappa shape index (κ1) is 30.3. The van der Waals surface area contributed by atoms with Gasteiger partial charge in [-0.05, 0) is 53.3 Å². The second-order valence-electron chi connectivity index (χ2n) is 12.0. The second-order valence-corrected chi connectivity index (χ2v) is 12.8. The predicted molar refractivity (Wildman–Crippen MR) is 160 cm³/mol. The number of nitrogens with one attached hydrogen (secondary N) is 1. The standard InChI is InChI=1S/C31H28Cl2FN4O5/c1-30(2,3)13-22-31(18-10-8-15(32)12-20(18)37-29(31)43)23(17-5-4-6-19(33)24(17)34)25(28(41)42)38(22)21-11-14(26(35)39)7-9-16(21)27(36)40/h4-10,12,22-23,25H,13H2,1-3H3,(H2,35,39)(H2,36,40)(H,37,43)(H,41,42)/t22-,23-,25+,31?/m0/s1. The maximum absolute atomic E-state index is 16.0. The van der Waals surface area contributed by atoms with Gasteiger partial charge in [0.1, 0.15) is 17.3 Å². The summed E-state index contributed by atoms with van der Waals surface area (Å²) in [5, 5.41) is 13.8. The van der Waals surface area contributed by atoms with Crippen molar-refractivity contribution in [2.45, 2.75) is 50.6 Å². The van der Waals surface area contributed by atoms with Gasteiger partial charge in [-0.15, -0.1) is 0 Å². The van der Waals surface area contributed by atoms with Crippen LogP contribution in [0.3, 0.4) is 0 Å². The highest BCUT2D eigenvalue weighted by Crippen LogP contribution is 2.61. The van der Waals surface area contributed by atoms with Crippen molar-refractivity contribution >= 4 is 58.3 Å². The van der Waals surface area contributed by atoms with Gasteiger partial charge in [0.05, 0.1) is 16.3 Å². The van der Waals surface area contributed by atoms with E-state index in [0.29, 0.717) is 16.3 Å². The Labute approximate surface area is 256 Å². The number of hydrogen-bond acceptors (Lipinski definition) is 5. The average Bonchev–Trinajstić information content (AvgIpc) is 3.35. The number of halogens is 3. The molecular weight excluding hydrogens is 598 g/mol. The number of anilines is 2. The van der Waals surface area contributed by atoms with Crippen molar-refractivity contribution in [1.82, 2.24) is 0 Å². The van der Waals surface area contributed by atoms with Crippen LogP contribution < -0.4 is 21.7 Å². The predicted octanol–water partition coefficient (Wildman–Crippen LogP) is 4.88. The molecule has 1 saturated heterocycles. The van der Waals surface area contributed by atoms with E-state index in [0.717, 1.165) is 0 Å². The summed E-state index contributed by atoms with van der Waals surface area (Å²) in [5.41, 5.74) is 9.13. The van der Waals surface area contributed by atoms with E-state index in [1.54, 1.807) is 12.1 Å². The van der Waals surface area contributed by atoms with E-state index in [-0.39, 0.29) is 33.8 Å². The Hall–Kier alpha value is -4.15. The monoisotopic (exact) mass is 625 g/mol. The van der Waals surface area contributed by atoms with Crippen LogP contribution in [-0.2, 0) is 15.0 Å². The van der Waals surface area contributed by atoms with Gasteiger partial charge in [0, 0.05) is 34.3 Å². The molecule has 12 heteroatoms. The van der Waals surface area contributed by atoms with E-state index in [4.69, 9.17) is 34.7 Å². The Morgan fingerprint density at radius 2 is 1.79 bits per heavy atom. The third-order valence-corrected chi connectivity index (χ3v) is 8.63. The Morgan fingerprint density at radius 1 is 1.09 bits per heavy atom. The zero-order chi connectivity index (χ0) is 31.6. The molecule has 3 aromatic carbocycles. The van der Waals surface area contributed by atoms with Gasteiger partial charge in [-0.25, -0.2) is 9.18 Å². The molecule has 3 aromatic rings. The Bertz CT molecular complexity index is 1710. The number of rotatable bonds is 6. The lowest BCUT2D eigenvalue weighted by Gasteiger charge is -2.40. The van der Waals surface area contributed by atoms with E-state index in [2.05, 4.69) is 11.4 Å². The van der Waals surface area contributed by atoms with Crippen LogP contribution in [0.4, 0.5) is 15.8 Å². The number of benzene rings is 3. The molecular formula is C31H28Cl2FN4O5. The van der Waals surface area contributed by atoms with Gasteiger partial charge in [-0.2, -0.15) is 0 Å². The summed E-state index contributed by atoms with van der Waals surface area (Å²) in [6, 6.07) is 11.5. The highest BCUT2D eigenvalue weighted by atomic mass is 35.5. The number of nitrogens with two attached hydrogens (primary N) is 2. The maximum Gasteiger partial charge on any atom is 0.327 e. The zero-order valence-corrected chi connectivity index (χ0v) is 24.9. The number of aliphatic carboxylic acids is 1. The molecule has 9 nitrogen and oxygen atoms in total. The molecule has 6 N–H and O–H groups in total. The molecule has 2 aliphatic heterocycles. The summed E-state index contributed by atoms with van der Waals surface area (Å²) in [7, 11) is 0. The van der Waals surface area contributed by atoms with E-state index < -0.39 is 58.3 Å². The molecule has 1 fully saturated rings. The fourth-order valence-corrected chi connectivity index (χ4v) is 6.95. The molecule has 4 atom stereocenters. The minimum absolute atomic E-state index is 0.119. The molecule has 0 bridgehead atoms. The van der Waals surface area contributed by atoms with Crippen LogP contribution in [0.5, 0.6) is 0 Å². The molecule has 1 spiro atoms. The normalized spacial score (nSPS) is 22.9. The lowest BCUT2D eigenvalue weighted by Crippen LogP contribution is -2.51. The largest absolute Gasteiger partial charge is 0.480 e. The lowest BCUT2D eigenvalue weighted by atomic mass is 9.62. The number of carboxylic acid groups (broad SMARTS) is 1. The topological polar surface area (TPSA) is 156 Å². The summed E-state index contributed by atoms with van der Waals surface area (Å²) in [5.74, 6) is -6.13. The smallest absolute Gasteiger partial charge is 0.327 e. The second kappa shape index (κ2) is 10.5. The van der Waals surface area contributed by atoms with Crippen LogP contribution in [0.2, 0.25) is 10.0 Å². The van der Waals surface area contributed by atoms with Crippen molar-refractivity contribution in [1.29, 1.82) is 0 Å². The molecule has 0 saturated carbocycles. The Kier molecular flexibility index (Phi) is 7.43. The summed E-state index contributed by atoms with van der Waals surface area (Å²) in [6.07, 6.45) is 0.164. The maximum atomic E-state index is 16.0. The quantitative estimate of drug-likeness (QED) is 0.306. The van der Waals surface area contributed by atoms with Crippen molar-refractivity contribution in [2.24, 2.45) is 16.9 Å². The number of primary amides is 2. The van der Waals surface area contributed by atoms with Crippen molar-refractivity contribution in [3.8, 4) is 0 Å². The molecule has 5 rings (SSSR count). The zero-order valence-electron chi connectivity index (χ0n) is 23.4. The van der Waals surface area contributed by atoms with Gasteiger partial charge in [0.25, 0.3) is 5.91 Å². The summed E-state index contributed by atoms with van der Waals surface area (Å²) in [4.78, 5) is 54.2. The molecule has 43 heavy (non-hydrogen) atoms. The van der Waals surface area contributed by atoms with Crippen LogP contribution in [-0.4, -0.2) is 40.9 Å². The summed E-state index contributed by atoms with van der Waals surface area (Å²) < 4.78 is 16.0. The van der Waals surface area contributed by atoms with E-state index in [1.807, 2.05) is 20.8 Å². The van der Waals surface area contributed by atoms with Gasteiger partial charge in [-0.1, -0.05) is 62.2 Å². The number of hydrogen-bond donors (Lipinski definition) is 4. The minimum Gasteiger partial charge on any atom is -0.480 e. The highest BCUT2D eigenvalue weighted by molar-refractivity contribution is 6.31. The number of fused-ring (bicyclic) bond motifs is 2. The number of carboxylic acids is 1. The third kappa shape index (κ3) is 4.78. The van der Waals surface area contributed by atoms with Gasteiger partial charge < -0.3 is 26.8 Å². The van der Waals surface area contributed by atoms with E-state index >= 15 is 4.39 Å². The number of carbonyl (C=O) groups excluding carboxylic acids is 3. The highest BCUT2D eigenvalue weighted by Gasteiger charge is 2.70. The lowest BCUT2D eigenvalue weighted by molar-refractivity contribution is -0.139. The van der Waals surface area contributed by atoms with Gasteiger partial charge >= 0.3 is 5.97 Å². The molecule has 3 amide bonds. The van der Waals surface area contributed by atoms with Crippen LogP contribution in [0.25, 0.3) is 0 Å². The number of nitrogens with zero attached hydrogens (tertiary/aromatic N) is 1. The minimum atomic E-state index is -1.76. The van der Waals surface area contributed by atoms with E-state index in [1.165, 1.54) is 41.3 Å². The first-order chi connectivity index (χ1) is 20.1. The Balaban J connectivity index is 1.98. The Morgan fingerprint density at radius 3 is 2.40 bits per heavy atom. The fraction of sp³-hybridized carbons (Fsp3) is 0.290. The van der Waals surface area contributed by atoms with Gasteiger partial charge in [-0.3, -0.25) is 14.4 Å². The van der Waals surface area contributed by atoms with Crippen LogP contribution in [0, 0.1) is 17.3 Å². The van der Waals surface area contributed by atoms with Crippen molar-refractivity contribution in [2.75, 3.05) is 10.2 Å². The number of amides is 3. The molecule has 1 radical (unpaired) electrons. The SMILES string of the molecule is CC(C)(C)C[C@@H]1N(c2[c]c(C(N)=O)ccc2C(N)=O)[C@@H](C(=O)O)[C@H](c2cccc(Cl)c2F)C12C(=O)Nc1cc(Cl)ccc12. The van der Waals surface area contributed by atoms with Crippen LogP contribution in [0.1, 0.15) is 65.0 Å². The number of carbonyl (C=O) groups is 4. The van der Waals surface area contributed by atoms with Gasteiger partial charge in [0.2, 0.25) is 11.8 Å². The summed E-state index contributed by atoms with van der Waals surface area (Å²) in [6.45, 7) is 5.70. The van der Waals surface area contributed by atoms with Crippen molar-refractivity contribution in [3.63, 3.8) is 0 Å². The molecule has 1 unspecified atom stereocenters. The molecule has 2 aliphatic rings. The van der Waals surface area contributed by atoms with Crippen molar-refractivity contribution in [3.05, 3.63) is 92.7 Å². The van der Waals surface area contributed by atoms with Crippen molar-refractivity contribution < 1.29 is 28.7 Å². The fourth-order valence-electron chi connectivity index (χ4n) is 6.60. The molecule has 223 valence electrons. The first-order valence-electron chi connectivity index (χ1n) is 13.3. The first-order valence-corrected chi connectivity index (χ1v) is 14.1. The van der Waals surface area contributed by atoms with Crippen LogP contribution in [0.15, 0.2) is 48.5 Å². The van der Waals surface area contributed by atoms with E-state index in [9.17, 15) is 24.3 Å². The van der Waals surface area contributed by atoms with Crippen LogP contribution >= 0.6 is 23.2 Å². The molecule has 0 aromatic heterocycles. The average molecular weight is 626 g/mol. The molecule has 2 heterocycles.